The lowest BCUT2D eigenvalue weighted by molar-refractivity contribution is -0.120. The van der Waals surface area contributed by atoms with Gasteiger partial charge in [-0.1, -0.05) is 13.8 Å². The minimum Gasteiger partial charge on any atom is -0.336 e. The molecule has 0 unspecified atom stereocenters. The summed E-state index contributed by atoms with van der Waals surface area (Å²) in [7, 11) is 0. The number of alkyl halides is 3. The lowest BCUT2D eigenvalue weighted by Crippen LogP contribution is -2.35. The Balaban J connectivity index is 2.11. The molecule has 0 atom stereocenters. The van der Waals surface area contributed by atoms with E-state index in [2.05, 4.69) is 10.3 Å². The molecule has 1 aromatic rings. The van der Waals surface area contributed by atoms with E-state index in [1.165, 1.54) is 16.2 Å². The zero-order valence-corrected chi connectivity index (χ0v) is 12.7. The van der Waals surface area contributed by atoms with Crippen molar-refractivity contribution in [2.45, 2.75) is 58.4 Å². The normalized spacial score (nSPS) is 15.9. The second-order valence-electron chi connectivity index (χ2n) is 5.51. The summed E-state index contributed by atoms with van der Waals surface area (Å²) in [5.74, 6) is 0. The number of thiazole rings is 1. The monoisotopic (exact) mass is 307 g/mol. The van der Waals surface area contributed by atoms with Crippen molar-refractivity contribution in [1.82, 2.24) is 10.3 Å². The Morgan fingerprint density at radius 1 is 1.40 bits per heavy atom. The van der Waals surface area contributed by atoms with E-state index in [1.54, 1.807) is 0 Å². The second-order valence-corrected chi connectivity index (χ2v) is 6.58. The number of hydrogen-bond donors (Lipinski definition) is 1. The van der Waals surface area contributed by atoms with Gasteiger partial charge in [-0.25, -0.2) is 4.98 Å². The summed E-state index contributed by atoms with van der Waals surface area (Å²) in [6.07, 6.45) is -2.53. The molecule has 0 bridgehead atoms. The first kappa shape index (κ1) is 15.6. The van der Waals surface area contributed by atoms with Crippen molar-refractivity contribution < 1.29 is 13.2 Å². The van der Waals surface area contributed by atoms with E-state index in [1.807, 2.05) is 20.8 Å². The van der Waals surface area contributed by atoms with Crippen LogP contribution in [0, 0.1) is 6.92 Å². The fourth-order valence-electron chi connectivity index (χ4n) is 1.93. The molecule has 0 aliphatic heterocycles. The van der Waals surface area contributed by atoms with Crippen LogP contribution in [0.2, 0.25) is 0 Å². The summed E-state index contributed by atoms with van der Waals surface area (Å²) in [4.78, 5) is 6.77. The van der Waals surface area contributed by atoms with E-state index in [0.29, 0.717) is 17.7 Å². The highest BCUT2D eigenvalue weighted by molar-refractivity contribution is 7.15. The van der Waals surface area contributed by atoms with Crippen molar-refractivity contribution in [3.63, 3.8) is 0 Å². The third-order valence-electron chi connectivity index (χ3n) is 3.14. The Kier molecular flexibility index (Phi) is 4.59. The van der Waals surface area contributed by atoms with Crippen molar-refractivity contribution in [1.29, 1.82) is 0 Å². The molecule has 0 radical (unpaired) electrons. The van der Waals surface area contributed by atoms with E-state index in [0.717, 1.165) is 23.4 Å². The summed E-state index contributed by atoms with van der Waals surface area (Å²) in [5.41, 5.74) is 0.825. The fourth-order valence-corrected chi connectivity index (χ4v) is 3.01. The SMILES string of the molecule is Cc1nc(N(CC(F)(F)F)C2CC2)sc1CNC(C)C. The summed E-state index contributed by atoms with van der Waals surface area (Å²) in [6.45, 7) is 5.69. The van der Waals surface area contributed by atoms with Gasteiger partial charge in [0.1, 0.15) is 6.54 Å². The lowest BCUT2D eigenvalue weighted by atomic mass is 10.3. The summed E-state index contributed by atoms with van der Waals surface area (Å²) < 4.78 is 38.0. The number of nitrogens with zero attached hydrogens (tertiary/aromatic N) is 2. The molecule has 0 spiro atoms. The van der Waals surface area contributed by atoms with Crippen molar-refractivity contribution in [3.05, 3.63) is 10.6 Å². The maximum absolute atomic E-state index is 12.7. The van der Waals surface area contributed by atoms with Crippen LogP contribution in [0.1, 0.15) is 37.3 Å². The topological polar surface area (TPSA) is 28.2 Å². The molecular formula is C13H20F3N3S. The molecule has 0 amide bonds. The Bertz CT molecular complexity index is 452. The van der Waals surface area contributed by atoms with Crippen molar-refractivity contribution >= 4 is 16.5 Å². The van der Waals surface area contributed by atoms with Gasteiger partial charge in [-0.05, 0) is 19.8 Å². The van der Waals surface area contributed by atoms with Crippen LogP contribution >= 0.6 is 11.3 Å². The number of aryl methyl sites for hydroxylation is 1. The van der Waals surface area contributed by atoms with Crippen LogP contribution in [-0.4, -0.2) is 29.8 Å². The average Bonchev–Trinajstić information content (AvgIpc) is 3.07. The van der Waals surface area contributed by atoms with Gasteiger partial charge in [-0.3, -0.25) is 0 Å². The Labute approximate surface area is 121 Å². The highest BCUT2D eigenvalue weighted by Crippen LogP contribution is 2.37. The minimum absolute atomic E-state index is 0.00748. The minimum atomic E-state index is -4.18. The van der Waals surface area contributed by atoms with Gasteiger partial charge in [0.05, 0.1) is 5.69 Å². The van der Waals surface area contributed by atoms with Gasteiger partial charge in [-0.15, -0.1) is 11.3 Å². The predicted molar refractivity (Wildman–Crippen MR) is 75.2 cm³/mol. The summed E-state index contributed by atoms with van der Waals surface area (Å²) >= 11 is 1.37. The third-order valence-corrected chi connectivity index (χ3v) is 4.33. The van der Waals surface area contributed by atoms with E-state index in [4.69, 9.17) is 0 Å². The second kappa shape index (κ2) is 5.89. The highest BCUT2D eigenvalue weighted by Gasteiger charge is 2.39. The van der Waals surface area contributed by atoms with E-state index in [-0.39, 0.29) is 6.04 Å². The van der Waals surface area contributed by atoms with Crippen LogP contribution in [-0.2, 0) is 6.54 Å². The molecule has 1 N–H and O–H groups in total. The standard InChI is InChI=1S/C13H20F3N3S/c1-8(2)17-6-11-9(3)18-12(20-11)19(10-4-5-10)7-13(14,15)16/h8,10,17H,4-7H2,1-3H3. The quantitative estimate of drug-likeness (QED) is 0.872. The summed E-state index contributed by atoms with van der Waals surface area (Å²) in [6, 6.07) is 0.350. The number of halogens is 3. The molecule has 1 fully saturated rings. The molecule has 0 saturated heterocycles. The Hall–Kier alpha value is -0.820. The van der Waals surface area contributed by atoms with Crippen molar-refractivity contribution in [3.8, 4) is 0 Å². The van der Waals surface area contributed by atoms with Gasteiger partial charge in [0.2, 0.25) is 0 Å². The number of rotatable bonds is 6. The lowest BCUT2D eigenvalue weighted by Gasteiger charge is -2.22. The Morgan fingerprint density at radius 3 is 2.55 bits per heavy atom. The number of hydrogen-bond acceptors (Lipinski definition) is 4. The molecule has 1 aliphatic rings. The van der Waals surface area contributed by atoms with Gasteiger partial charge in [-0.2, -0.15) is 13.2 Å². The fraction of sp³-hybridized carbons (Fsp3) is 0.769. The predicted octanol–water partition coefficient (Wildman–Crippen LogP) is 3.48. The van der Waals surface area contributed by atoms with E-state index in [9.17, 15) is 13.2 Å². The highest BCUT2D eigenvalue weighted by atomic mass is 32.1. The van der Waals surface area contributed by atoms with Crippen LogP contribution in [0.3, 0.4) is 0 Å². The van der Waals surface area contributed by atoms with Gasteiger partial charge in [0.25, 0.3) is 0 Å². The van der Waals surface area contributed by atoms with Crippen molar-refractivity contribution in [2.75, 3.05) is 11.4 Å². The largest absolute Gasteiger partial charge is 0.406 e. The number of nitrogens with one attached hydrogen (secondary N) is 1. The van der Waals surface area contributed by atoms with E-state index < -0.39 is 12.7 Å². The van der Waals surface area contributed by atoms with Crippen LogP contribution in [0.4, 0.5) is 18.3 Å². The molecule has 7 heteroatoms. The molecular weight excluding hydrogens is 287 g/mol. The third kappa shape index (κ3) is 4.34. The molecule has 3 nitrogen and oxygen atoms in total. The van der Waals surface area contributed by atoms with Gasteiger partial charge >= 0.3 is 6.18 Å². The smallest absolute Gasteiger partial charge is 0.336 e. The summed E-state index contributed by atoms with van der Waals surface area (Å²) in [5, 5.41) is 3.78. The first-order chi connectivity index (χ1) is 9.26. The van der Waals surface area contributed by atoms with Crippen LogP contribution in [0.25, 0.3) is 0 Å². The molecule has 1 aromatic heterocycles. The van der Waals surface area contributed by atoms with Crippen LogP contribution in [0.5, 0.6) is 0 Å². The first-order valence-electron chi connectivity index (χ1n) is 6.79. The van der Waals surface area contributed by atoms with Crippen LogP contribution in [0.15, 0.2) is 0 Å². The zero-order chi connectivity index (χ0) is 14.9. The van der Waals surface area contributed by atoms with E-state index >= 15 is 0 Å². The van der Waals surface area contributed by atoms with Gasteiger partial charge < -0.3 is 10.2 Å². The van der Waals surface area contributed by atoms with Crippen molar-refractivity contribution in [2.24, 2.45) is 0 Å². The average molecular weight is 307 g/mol. The van der Waals surface area contributed by atoms with Crippen LogP contribution < -0.4 is 10.2 Å². The molecule has 20 heavy (non-hydrogen) atoms. The molecule has 1 saturated carbocycles. The zero-order valence-electron chi connectivity index (χ0n) is 11.9. The Morgan fingerprint density at radius 2 is 2.05 bits per heavy atom. The number of aromatic nitrogens is 1. The molecule has 0 aromatic carbocycles. The van der Waals surface area contributed by atoms with Gasteiger partial charge in [0, 0.05) is 23.5 Å². The molecule has 114 valence electrons. The molecule has 2 rings (SSSR count). The number of anilines is 1. The molecule has 1 aliphatic carbocycles. The molecule has 1 heterocycles. The first-order valence-corrected chi connectivity index (χ1v) is 7.61. The maximum Gasteiger partial charge on any atom is 0.406 e. The van der Waals surface area contributed by atoms with Gasteiger partial charge in [0.15, 0.2) is 5.13 Å². The maximum atomic E-state index is 12.7.